The van der Waals surface area contributed by atoms with E-state index in [-0.39, 0.29) is 5.41 Å². The summed E-state index contributed by atoms with van der Waals surface area (Å²) in [6.07, 6.45) is 5.72. The Morgan fingerprint density at radius 2 is 1.82 bits per heavy atom. The van der Waals surface area contributed by atoms with Crippen LogP contribution < -0.4 is 0 Å². The first-order chi connectivity index (χ1) is 7.93. The molecule has 0 aromatic carbocycles. The van der Waals surface area contributed by atoms with Crippen LogP contribution in [0.3, 0.4) is 0 Å². The highest BCUT2D eigenvalue weighted by atomic mass is 16.5. The second-order valence-electron chi connectivity index (χ2n) is 6.39. The molecule has 4 rings (SSSR count). The number of Topliss-reactive ketones (excluding diaryl/α,β-unsaturated/α-hetero) is 1. The van der Waals surface area contributed by atoms with Crippen molar-refractivity contribution in [3.05, 3.63) is 0 Å². The van der Waals surface area contributed by atoms with Gasteiger partial charge in [0.25, 0.3) is 0 Å². The van der Waals surface area contributed by atoms with E-state index in [1.54, 1.807) is 0 Å². The molecule has 1 spiro atoms. The van der Waals surface area contributed by atoms with Crippen molar-refractivity contribution in [3.8, 4) is 0 Å². The van der Waals surface area contributed by atoms with Crippen LogP contribution in [0.25, 0.3) is 0 Å². The lowest BCUT2D eigenvalue weighted by Gasteiger charge is -2.66. The van der Waals surface area contributed by atoms with E-state index >= 15 is 0 Å². The lowest BCUT2D eigenvalue weighted by atomic mass is 9.38. The van der Waals surface area contributed by atoms with Gasteiger partial charge in [0.1, 0.15) is 0 Å². The van der Waals surface area contributed by atoms with Gasteiger partial charge < -0.3 is 9.84 Å². The second kappa shape index (κ2) is 3.10. The molecule has 0 saturated heterocycles. The van der Waals surface area contributed by atoms with Gasteiger partial charge in [0.2, 0.25) is 5.78 Å². The Morgan fingerprint density at radius 3 is 2.41 bits per heavy atom. The summed E-state index contributed by atoms with van der Waals surface area (Å²) in [6, 6.07) is 0. The highest BCUT2D eigenvalue weighted by Gasteiger charge is 2.68. The van der Waals surface area contributed by atoms with Crippen LogP contribution in [0.4, 0.5) is 0 Å². The molecule has 0 aromatic rings. The number of esters is 1. The average Bonchev–Trinajstić information content (AvgIpc) is 2.23. The third-order valence-electron chi connectivity index (χ3n) is 5.00. The third kappa shape index (κ3) is 1.39. The highest BCUT2D eigenvalue weighted by molar-refractivity contribution is 6.36. The zero-order chi connectivity index (χ0) is 12.3. The van der Waals surface area contributed by atoms with E-state index in [2.05, 4.69) is 4.74 Å². The second-order valence-corrected chi connectivity index (χ2v) is 6.39. The third-order valence-corrected chi connectivity index (χ3v) is 5.00. The lowest BCUT2D eigenvalue weighted by molar-refractivity contribution is -0.218. The molecule has 4 saturated carbocycles. The van der Waals surface area contributed by atoms with Crippen LogP contribution in [0.15, 0.2) is 0 Å². The summed E-state index contributed by atoms with van der Waals surface area (Å²) < 4.78 is 4.54. The van der Waals surface area contributed by atoms with Gasteiger partial charge in [-0.25, -0.2) is 4.79 Å². The Labute approximate surface area is 100 Å². The van der Waals surface area contributed by atoms with Crippen molar-refractivity contribution in [2.24, 2.45) is 10.8 Å². The molecule has 1 atom stereocenters. The molecule has 4 nitrogen and oxygen atoms in total. The van der Waals surface area contributed by atoms with Crippen LogP contribution in [-0.4, -0.2) is 29.6 Å². The molecule has 0 aliphatic heterocycles. The molecule has 1 unspecified atom stereocenters. The number of ether oxygens (including phenoxy) is 1. The first-order valence-electron chi connectivity index (χ1n) is 6.28. The van der Waals surface area contributed by atoms with Gasteiger partial charge >= 0.3 is 5.97 Å². The van der Waals surface area contributed by atoms with Gasteiger partial charge in [0.15, 0.2) is 0 Å². The van der Waals surface area contributed by atoms with E-state index in [4.69, 9.17) is 0 Å². The monoisotopic (exact) mass is 238 g/mol. The summed E-state index contributed by atoms with van der Waals surface area (Å²) in [5.41, 5.74) is -1.19. The fourth-order valence-electron chi connectivity index (χ4n) is 4.81. The molecule has 1 N–H and O–H groups in total. The molecule has 3 bridgehead atoms. The van der Waals surface area contributed by atoms with E-state index in [9.17, 15) is 14.7 Å². The molecule has 4 aliphatic rings. The Bertz CT molecular complexity index is 390. The van der Waals surface area contributed by atoms with Crippen LogP contribution in [0.5, 0.6) is 0 Å². The van der Waals surface area contributed by atoms with Crippen molar-refractivity contribution in [2.45, 2.75) is 50.5 Å². The van der Waals surface area contributed by atoms with Crippen LogP contribution in [0.1, 0.15) is 44.9 Å². The number of hydrogen-bond donors (Lipinski definition) is 1. The Kier molecular flexibility index (Phi) is 2.05. The minimum absolute atomic E-state index is 0.134. The number of aliphatic hydroxyl groups is 1. The van der Waals surface area contributed by atoms with E-state index < -0.39 is 22.8 Å². The summed E-state index contributed by atoms with van der Waals surface area (Å²) in [5.74, 6) is -1.17. The summed E-state index contributed by atoms with van der Waals surface area (Å²) in [7, 11) is 1.24. The molecule has 0 amide bonds. The van der Waals surface area contributed by atoms with E-state index in [0.717, 1.165) is 38.5 Å². The molecule has 4 aliphatic carbocycles. The quantitative estimate of drug-likeness (QED) is 0.580. The SMILES string of the molecule is COC(=O)C(=O)C12CC3(O)CCCC(C3)(C1)C2. The fraction of sp³-hybridized carbons (Fsp3) is 0.846. The van der Waals surface area contributed by atoms with Crippen LogP contribution in [0, 0.1) is 10.8 Å². The molecule has 4 heteroatoms. The lowest BCUT2D eigenvalue weighted by Crippen LogP contribution is -2.65. The van der Waals surface area contributed by atoms with Gasteiger partial charge in [0.05, 0.1) is 12.7 Å². The van der Waals surface area contributed by atoms with Crippen LogP contribution >= 0.6 is 0 Å². The van der Waals surface area contributed by atoms with Crippen molar-refractivity contribution >= 4 is 11.8 Å². The molecule has 0 heterocycles. The van der Waals surface area contributed by atoms with Crippen LogP contribution in [-0.2, 0) is 14.3 Å². The first kappa shape index (κ1) is 11.2. The zero-order valence-corrected chi connectivity index (χ0v) is 10.1. The van der Waals surface area contributed by atoms with Gasteiger partial charge in [-0.15, -0.1) is 0 Å². The number of ketones is 1. The van der Waals surface area contributed by atoms with Crippen LogP contribution in [0.2, 0.25) is 0 Å². The van der Waals surface area contributed by atoms with Gasteiger partial charge in [-0.1, -0.05) is 6.42 Å². The highest BCUT2D eigenvalue weighted by Crippen LogP contribution is 2.71. The smallest absolute Gasteiger partial charge is 0.374 e. The first-order valence-corrected chi connectivity index (χ1v) is 6.28. The molecule has 0 aromatic heterocycles. The summed E-state index contributed by atoms with van der Waals surface area (Å²) in [4.78, 5) is 23.5. The van der Waals surface area contributed by atoms with Crippen molar-refractivity contribution in [1.29, 1.82) is 0 Å². The van der Waals surface area contributed by atoms with Crippen molar-refractivity contribution < 1.29 is 19.4 Å². The number of rotatable bonds is 2. The predicted octanol–water partition coefficient (Wildman–Crippen LogP) is 1.20. The topological polar surface area (TPSA) is 63.6 Å². The van der Waals surface area contributed by atoms with E-state index in [1.165, 1.54) is 7.11 Å². The minimum atomic E-state index is -0.747. The molecule has 4 fully saturated rings. The molecule has 17 heavy (non-hydrogen) atoms. The summed E-state index contributed by atoms with van der Waals surface area (Å²) in [6.45, 7) is 0. The van der Waals surface area contributed by atoms with Gasteiger partial charge in [-0.3, -0.25) is 4.79 Å². The minimum Gasteiger partial charge on any atom is -0.463 e. The Hall–Kier alpha value is -0.900. The van der Waals surface area contributed by atoms with Crippen molar-refractivity contribution in [1.82, 2.24) is 0 Å². The number of methoxy groups -OCH3 is 1. The summed E-state index contributed by atoms with van der Waals surface area (Å²) in [5, 5.41) is 10.5. The van der Waals surface area contributed by atoms with Gasteiger partial charge in [0, 0.05) is 5.41 Å². The molecular formula is C13H18O4. The largest absolute Gasteiger partial charge is 0.463 e. The summed E-state index contributed by atoms with van der Waals surface area (Å²) >= 11 is 0. The molecule has 94 valence electrons. The van der Waals surface area contributed by atoms with Gasteiger partial charge in [-0.05, 0) is 43.9 Å². The number of carbonyl (C=O) groups is 2. The maximum atomic E-state index is 12.1. The number of carbonyl (C=O) groups excluding carboxylic acids is 2. The van der Waals surface area contributed by atoms with E-state index in [1.807, 2.05) is 0 Å². The van der Waals surface area contributed by atoms with Gasteiger partial charge in [-0.2, -0.15) is 0 Å². The van der Waals surface area contributed by atoms with Crippen molar-refractivity contribution in [2.75, 3.05) is 7.11 Å². The average molecular weight is 238 g/mol. The zero-order valence-electron chi connectivity index (χ0n) is 10.1. The van der Waals surface area contributed by atoms with E-state index in [0.29, 0.717) is 6.42 Å². The predicted molar refractivity (Wildman–Crippen MR) is 59.2 cm³/mol. The fourth-order valence-corrected chi connectivity index (χ4v) is 4.81. The molecule has 0 radical (unpaired) electrons. The normalized spacial score (nSPS) is 46.9. The maximum Gasteiger partial charge on any atom is 0.374 e. The maximum absolute atomic E-state index is 12.1. The van der Waals surface area contributed by atoms with Crippen molar-refractivity contribution in [3.63, 3.8) is 0 Å². The Balaban J connectivity index is 1.88. The number of hydrogen-bond acceptors (Lipinski definition) is 4. The standard InChI is InChI=1S/C13H18O4/c1-17-10(15)9(14)12-5-11(6-12)3-2-4-13(16,7-11)8-12/h16H,2-8H2,1H3. The molecular weight excluding hydrogens is 220 g/mol. The Morgan fingerprint density at radius 1 is 1.12 bits per heavy atom.